The Kier molecular flexibility index (Phi) is 3.88. The summed E-state index contributed by atoms with van der Waals surface area (Å²) in [5.74, 6) is 0. The summed E-state index contributed by atoms with van der Waals surface area (Å²) < 4.78 is 5.13. The molecule has 0 saturated heterocycles. The summed E-state index contributed by atoms with van der Waals surface area (Å²) in [5.41, 5.74) is 1.63. The molecule has 1 aromatic rings. The van der Waals surface area contributed by atoms with Crippen molar-refractivity contribution in [1.29, 1.82) is 0 Å². The molecular weight excluding hydrogens is 204 g/mol. The van der Waals surface area contributed by atoms with Gasteiger partial charge in [-0.3, -0.25) is 4.98 Å². The molecule has 0 saturated carbocycles. The van der Waals surface area contributed by atoms with Gasteiger partial charge in [-0.2, -0.15) is 0 Å². The molecule has 0 spiro atoms. The Morgan fingerprint density at radius 1 is 1.50 bits per heavy atom. The van der Waals surface area contributed by atoms with Crippen LogP contribution in [-0.4, -0.2) is 16.7 Å². The van der Waals surface area contributed by atoms with Gasteiger partial charge in [-0.15, -0.1) is 0 Å². The molecule has 0 aliphatic heterocycles. The first-order valence-electron chi connectivity index (χ1n) is 5.25. The number of nitrogens with one attached hydrogen (secondary N) is 1. The van der Waals surface area contributed by atoms with Crippen LogP contribution in [0.1, 0.15) is 31.9 Å². The highest BCUT2D eigenvalue weighted by atomic mass is 16.6. The van der Waals surface area contributed by atoms with Crippen LogP contribution in [0.4, 0.5) is 4.79 Å². The van der Waals surface area contributed by atoms with Crippen LogP contribution in [0.2, 0.25) is 0 Å². The summed E-state index contributed by atoms with van der Waals surface area (Å²) in [7, 11) is 0. The van der Waals surface area contributed by atoms with Crippen molar-refractivity contribution in [3.8, 4) is 0 Å². The van der Waals surface area contributed by atoms with Gasteiger partial charge in [0, 0.05) is 18.9 Å². The van der Waals surface area contributed by atoms with Gasteiger partial charge in [-0.25, -0.2) is 4.79 Å². The van der Waals surface area contributed by atoms with Crippen molar-refractivity contribution in [2.45, 2.75) is 39.8 Å². The van der Waals surface area contributed by atoms with Crippen LogP contribution in [0.3, 0.4) is 0 Å². The van der Waals surface area contributed by atoms with Gasteiger partial charge in [0.1, 0.15) is 5.60 Å². The fourth-order valence-electron chi connectivity index (χ4n) is 1.16. The van der Waals surface area contributed by atoms with Gasteiger partial charge in [0.15, 0.2) is 0 Å². The normalized spacial score (nSPS) is 11.0. The van der Waals surface area contributed by atoms with E-state index in [0.717, 1.165) is 11.1 Å². The SMILES string of the molecule is Cc1ccncc1CNC(=O)OC(C)(C)C. The zero-order valence-electron chi connectivity index (χ0n) is 10.2. The number of hydrogen-bond donors (Lipinski definition) is 1. The molecular formula is C12H18N2O2. The van der Waals surface area contributed by atoms with Crippen LogP contribution in [-0.2, 0) is 11.3 Å². The zero-order chi connectivity index (χ0) is 12.2. The van der Waals surface area contributed by atoms with E-state index >= 15 is 0 Å². The van der Waals surface area contributed by atoms with Gasteiger partial charge in [0.2, 0.25) is 0 Å². The van der Waals surface area contributed by atoms with Crippen LogP contribution >= 0.6 is 0 Å². The molecule has 0 fully saturated rings. The lowest BCUT2D eigenvalue weighted by Crippen LogP contribution is -2.32. The van der Waals surface area contributed by atoms with Crippen molar-refractivity contribution < 1.29 is 9.53 Å². The third kappa shape index (κ3) is 4.29. The number of amides is 1. The predicted molar refractivity (Wildman–Crippen MR) is 62.0 cm³/mol. The van der Waals surface area contributed by atoms with Gasteiger partial charge in [0.05, 0.1) is 0 Å². The standard InChI is InChI=1S/C12H18N2O2/c1-9-5-6-13-7-10(9)8-14-11(15)16-12(2,3)4/h5-7H,8H2,1-4H3,(H,14,15). The predicted octanol–water partition coefficient (Wildman–Crippen LogP) is 2.41. The van der Waals surface area contributed by atoms with E-state index in [4.69, 9.17) is 4.74 Å². The van der Waals surface area contributed by atoms with E-state index in [-0.39, 0.29) is 0 Å². The lowest BCUT2D eigenvalue weighted by molar-refractivity contribution is 0.0523. The third-order valence-corrected chi connectivity index (χ3v) is 1.97. The van der Waals surface area contributed by atoms with Gasteiger partial charge >= 0.3 is 6.09 Å². The number of aromatic nitrogens is 1. The highest BCUT2D eigenvalue weighted by Crippen LogP contribution is 2.08. The Morgan fingerprint density at radius 3 is 2.75 bits per heavy atom. The molecule has 0 unspecified atom stereocenters. The Morgan fingerprint density at radius 2 is 2.19 bits per heavy atom. The van der Waals surface area contributed by atoms with E-state index in [0.29, 0.717) is 6.54 Å². The fourth-order valence-corrected chi connectivity index (χ4v) is 1.16. The van der Waals surface area contributed by atoms with Crippen LogP contribution in [0.5, 0.6) is 0 Å². The quantitative estimate of drug-likeness (QED) is 0.836. The molecule has 1 rings (SSSR count). The summed E-state index contributed by atoms with van der Waals surface area (Å²) in [4.78, 5) is 15.4. The number of alkyl carbamates (subject to hydrolysis) is 1. The minimum atomic E-state index is -0.464. The second-order valence-corrected chi connectivity index (χ2v) is 4.66. The largest absolute Gasteiger partial charge is 0.444 e. The Hall–Kier alpha value is -1.58. The van der Waals surface area contributed by atoms with Gasteiger partial charge in [-0.1, -0.05) is 0 Å². The maximum Gasteiger partial charge on any atom is 0.407 e. The minimum absolute atomic E-state index is 0.407. The van der Waals surface area contributed by atoms with E-state index in [1.807, 2.05) is 33.8 Å². The van der Waals surface area contributed by atoms with E-state index in [9.17, 15) is 4.79 Å². The van der Waals surface area contributed by atoms with E-state index < -0.39 is 11.7 Å². The fraction of sp³-hybridized carbons (Fsp3) is 0.500. The lowest BCUT2D eigenvalue weighted by Gasteiger charge is -2.19. The molecule has 1 heterocycles. The molecule has 4 nitrogen and oxygen atoms in total. The minimum Gasteiger partial charge on any atom is -0.444 e. The van der Waals surface area contributed by atoms with Crippen molar-refractivity contribution in [2.75, 3.05) is 0 Å². The third-order valence-electron chi connectivity index (χ3n) is 1.97. The van der Waals surface area contributed by atoms with Crippen molar-refractivity contribution >= 4 is 6.09 Å². The molecule has 1 N–H and O–H groups in total. The molecule has 0 bridgehead atoms. The first-order chi connectivity index (χ1) is 7.38. The van der Waals surface area contributed by atoms with Crippen LogP contribution in [0, 0.1) is 6.92 Å². The molecule has 16 heavy (non-hydrogen) atoms. The molecule has 1 amide bonds. The molecule has 88 valence electrons. The molecule has 0 aliphatic rings. The second-order valence-electron chi connectivity index (χ2n) is 4.66. The Bertz CT molecular complexity index is 370. The van der Waals surface area contributed by atoms with E-state index in [1.54, 1.807) is 12.4 Å². The summed E-state index contributed by atoms with van der Waals surface area (Å²) in [5, 5.41) is 2.70. The molecule has 0 radical (unpaired) electrons. The van der Waals surface area contributed by atoms with Crippen molar-refractivity contribution in [2.24, 2.45) is 0 Å². The number of carbonyl (C=O) groups excluding carboxylic acids is 1. The zero-order valence-corrected chi connectivity index (χ0v) is 10.2. The number of hydrogen-bond acceptors (Lipinski definition) is 3. The van der Waals surface area contributed by atoms with Crippen LogP contribution < -0.4 is 5.32 Å². The number of carbonyl (C=O) groups is 1. The number of rotatable bonds is 2. The average Bonchev–Trinajstić information content (AvgIpc) is 2.14. The molecule has 0 atom stereocenters. The molecule has 0 aliphatic carbocycles. The maximum absolute atomic E-state index is 11.4. The Labute approximate surface area is 96.0 Å². The molecule has 4 heteroatoms. The molecule has 0 aromatic carbocycles. The van der Waals surface area contributed by atoms with Crippen LogP contribution in [0.25, 0.3) is 0 Å². The summed E-state index contributed by atoms with van der Waals surface area (Å²) in [6.45, 7) is 7.92. The topological polar surface area (TPSA) is 51.2 Å². The monoisotopic (exact) mass is 222 g/mol. The summed E-state index contributed by atoms with van der Waals surface area (Å²) in [6.07, 6.45) is 3.06. The first-order valence-corrected chi connectivity index (χ1v) is 5.25. The highest BCUT2D eigenvalue weighted by molar-refractivity contribution is 5.67. The van der Waals surface area contributed by atoms with Crippen molar-refractivity contribution in [1.82, 2.24) is 10.3 Å². The number of ether oxygens (including phenoxy) is 1. The second kappa shape index (κ2) is 4.96. The van der Waals surface area contributed by atoms with Crippen molar-refractivity contribution in [3.05, 3.63) is 29.6 Å². The molecule has 1 aromatic heterocycles. The number of nitrogens with zero attached hydrogens (tertiary/aromatic N) is 1. The smallest absolute Gasteiger partial charge is 0.407 e. The van der Waals surface area contributed by atoms with Crippen LogP contribution in [0.15, 0.2) is 18.5 Å². The maximum atomic E-state index is 11.4. The highest BCUT2D eigenvalue weighted by Gasteiger charge is 2.15. The van der Waals surface area contributed by atoms with Gasteiger partial charge in [-0.05, 0) is 44.9 Å². The van der Waals surface area contributed by atoms with Crippen molar-refractivity contribution in [3.63, 3.8) is 0 Å². The average molecular weight is 222 g/mol. The first kappa shape index (κ1) is 12.5. The number of pyridine rings is 1. The Balaban J connectivity index is 2.47. The van der Waals surface area contributed by atoms with Gasteiger partial charge < -0.3 is 10.1 Å². The van der Waals surface area contributed by atoms with E-state index in [1.165, 1.54) is 0 Å². The lowest BCUT2D eigenvalue weighted by atomic mass is 10.2. The summed E-state index contributed by atoms with van der Waals surface area (Å²) >= 11 is 0. The van der Waals surface area contributed by atoms with Gasteiger partial charge in [0.25, 0.3) is 0 Å². The van der Waals surface area contributed by atoms with E-state index in [2.05, 4.69) is 10.3 Å². The number of aryl methyl sites for hydroxylation is 1. The summed E-state index contributed by atoms with van der Waals surface area (Å²) in [6, 6.07) is 1.91.